The van der Waals surface area contributed by atoms with Gasteiger partial charge >= 0.3 is 0 Å². The Hall–Kier alpha value is -2.18. The molecule has 1 saturated carbocycles. The summed E-state index contributed by atoms with van der Waals surface area (Å²) in [6.07, 6.45) is 16.4. The lowest BCUT2D eigenvalue weighted by Crippen LogP contribution is -2.45. The molecule has 1 amide bonds. The number of likely N-dealkylation sites (tertiary alicyclic amines) is 1. The van der Waals surface area contributed by atoms with E-state index >= 15 is 0 Å². The molecular weight excluding hydrogens is 448 g/mol. The molecule has 2 unspecified atom stereocenters. The Balaban J connectivity index is 1.30. The number of nitrogens with two attached hydrogens (primary N) is 1. The number of fused-ring (bicyclic) bond motifs is 1. The Morgan fingerprint density at radius 3 is 2.94 bits per heavy atom. The molecule has 5 rings (SSSR count). The first-order chi connectivity index (χ1) is 17.6. The largest absolute Gasteiger partial charge is 0.493 e. The van der Waals surface area contributed by atoms with Crippen LogP contribution in [0.2, 0.25) is 0 Å². The molecule has 3 heterocycles. The first kappa shape index (κ1) is 25.5. The van der Waals surface area contributed by atoms with E-state index in [1.807, 2.05) is 12.3 Å². The molecule has 6 heteroatoms. The standard InChI is InChI=1S/C30H44N4O2/c1-2-3-14-33(15-7-5-12-31)29(35)22-34-21-25(23-9-10-28-24(17-23)11-16-36-28)19-30(34)20-26(30)18-27-8-4-6-13-32-27/h4,6,8,10,13,17,23,25-26H,2-3,5,7,9,11-12,14-16,18-22,31H2,1H3/t23?,25-,26-,30?/m1/s1. The van der Waals surface area contributed by atoms with E-state index in [1.165, 1.54) is 24.1 Å². The molecule has 2 N–H and O–H groups in total. The van der Waals surface area contributed by atoms with Crippen molar-refractivity contribution >= 4 is 5.91 Å². The van der Waals surface area contributed by atoms with Crippen LogP contribution in [-0.2, 0) is 16.0 Å². The van der Waals surface area contributed by atoms with Gasteiger partial charge in [0.15, 0.2) is 0 Å². The zero-order chi connectivity index (χ0) is 25.0. The third-order valence-electron chi connectivity index (χ3n) is 8.97. The lowest BCUT2D eigenvalue weighted by atomic mass is 9.82. The van der Waals surface area contributed by atoms with Crippen molar-refractivity contribution in [3.8, 4) is 0 Å². The summed E-state index contributed by atoms with van der Waals surface area (Å²) in [6, 6.07) is 6.23. The van der Waals surface area contributed by atoms with E-state index in [0.29, 0.717) is 36.8 Å². The minimum Gasteiger partial charge on any atom is -0.493 e. The summed E-state index contributed by atoms with van der Waals surface area (Å²) in [7, 11) is 0. The molecule has 36 heavy (non-hydrogen) atoms. The normalized spacial score (nSPS) is 29.0. The molecule has 0 radical (unpaired) electrons. The van der Waals surface area contributed by atoms with Crippen LogP contribution in [0.15, 0.2) is 47.9 Å². The molecule has 2 aliphatic heterocycles. The van der Waals surface area contributed by atoms with Gasteiger partial charge in [0.05, 0.1) is 13.2 Å². The summed E-state index contributed by atoms with van der Waals surface area (Å²) in [5.41, 5.74) is 8.46. The lowest BCUT2D eigenvalue weighted by Gasteiger charge is -2.29. The summed E-state index contributed by atoms with van der Waals surface area (Å²) >= 11 is 0. The minimum atomic E-state index is 0.153. The molecule has 4 atom stereocenters. The van der Waals surface area contributed by atoms with Gasteiger partial charge in [-0.1, -0.05) is 25.5 Å². The monoisotopic (exact) mass is 492 g/mol. The fourth-order valence-corrected chi connectivity index (χ4v) is 6.82. The molecule has 3 fully saturated rings. The van der Waals surface area contributed by atoms with E-state index in [-0.39, 0.29) is 5.54 Å². The third kappa shape index (κ3) is 5.55. The van der Waals surface area contributed by atoms with Gasteiger partial charge in [0.2, 0.25) is 5.91 Å². The van der Waals surface area contributed by atoms with Gasteiger partial charge < -0.3 is 15.4 Å². The van der Waals surface area contributed by atoms with Crippen molar-refractivity contribution < 1.29 is 9.53 Å². The predicted octanol–water partition coefficient (Wildman–Crippen LogP) is 4.32. The maximum atomic E-state index is 13.6. The third-order valence-corrected chi connectivity index (χ3v) is 8.97. The number of aromatic nitrogens is 1. The highest BCUT2D eigenvalue weighted by Crippen LogP contribution is 2.59. The Morgan fingerprint density at radius 2 is 2.14 bits per heavy atom. The number of rotatable bonds is 12. The number of carbonyl (C=O) groups is 1. The van der Waals surface area contributed by atoms with Crippen LogP contribution >= 0.6 is 0 Å². The van der Waals surface area contributed by atoms with Gasteiger partial charge in [-0.25, -0.2) is 0 Å². The van der Waals surface area contributed by atoms with E-state index in [9.17, 15) is 4.79 Å². The van der Waals surface area contributed by atoms with Crippen LogP contribution in [0.3, 0.4) is 0 Å². The van der Waals surface area contributed by atoms with E-state index in [2.05, 4.69) is 46.0 Å². The topological polar surface area (TPSA) is 71.7 Å². The summed E-state index contributed by atoms with van der Waals surface area (Å²) in [4.78, 5) is 22.9. The van der Waals surface area contributed by atoms with Gasteiger partial charge in [0.1, 0.15) is 5.76 Å². The number of hydrogen-bond donors (Lipinski definition) is 1. The van der Waals surface area contributed by atoms with Crippen LogP contribution in [0, 0.1) is 17.8 Å². The molecule has 0 aromatic carbocycles. The van der Waals surface area contributed by atoms with Gasteiger partial charge in [-0.3, -0.25) is 14.7 Å². The minimum absolute atomic E-state index is 0.153. The number of hydrogen-bond acceptors (Lipinski definition) is 5. The highest BCUT2D eigenvalue weighted by molar-refractivity contribution is 5.78. The van der Waals surface area contributed by atoms with Crippen LogP contribution in [0.4, 0.5) is 0 Å². The lowest BCUT2D eigenvalue weighted by molar-refractivity contribution is -0.133. The quantitative estimate of drug-likeness (QED) is 0.440. The van der Waals surface area contributed by atoms with Crippen LogP contribution in [0.5, 0.6) is 0 Å². The smallest absolute Gasteiger partial charge is 0.236 e. The molecule has 1 aromatic heterocycles. The fraction of sp³-hybridized carbons (Fsp3) is 0.667. The van der Waals surface area contributed by atoms with Gasteiger partial charge in [0.25, 0.3) is 0 Å². The molecule has 196 valence electrons. The molecule has 4 aliphatic rings. The van der Waals surface area contributed by atoms with E-state index in [0.717, 1.165) is 76.9 Å². The number of allylic oxidation sites excluding steroid dienone is 3. The van der Waals surface area contributed by atoms with Crippen molar-refractivity contribution in [1.29, 1.82) is 0 Å². The zero-order valence-corrected chi connectivity index (χ0v) is 22.0. The van der Waals surface area contributed by atoms with Gasteiger partial charge in [0, 0.05) is 43.5 Å². The molecule has 6 nitrogen and oxygen atoms in total. The molecule has 2 aliphatic carbocycles. The molecular formula is C30H44N4O2. The van der Waals surface area contributed by atoms with E-state index < -0.39 is 0 Å². The number of nitrogens with zero attached hydrogens (tertiary/aromatic N) is 3. The second-order valence-electron chi connectivity index (χ2n) is 11.4. The Kier molecular flexibility index (Phi) is 8.12. The van der Waals surface area contributed by atoms with Gasteiger partial charge in [-0.15, -0.1) is 0 Å². The number of ether oxygens (including phenoxy) is 1. The highest BCUT2D eigenvalue weighted by atomic mass is 16.5. The summed E-state index contributed by atoms with van der Waals surface area (Å²) in [6.45, 7) is 6.98. The second-order valence-corrected chi connectivity index (χ2v) is 11.4. The van der Waals surface area contributed by atoms with Crippen molar-refractivity contribution in [3.63, 3.8) is 0 Å². The van der Waals surface area contributed by atoms with Gasteiger partial charge in [-0.05, 0) is 93.0 Å². The molecule has 2 saturated heterocycles. The first-order valence-electron chi connectivity index (χ1n) is 14.3. The number of amides is 1. The second kappa shape index (κ2) is 11.5. The van der Waals surface area contributed by atoms with Crippen LogP contribution in [0.1, 0.15) is 64.0 Å². The SMILES string of the molecule is CCCCN(CCCCN)C(=O)CN1C[C@H](C2C=C3CCOC3=CC2)CC12C[C@H]2Cc1ccccn1. The van der Waals surface area contributed by atoms with Gasteiger partial charge in [-0.2, -0.15) is 0 Å². The van der Waals surface area contributed by atoms with Crippen LogP contribution < -0.4 is 5.73 Å². The number of carbonyl (C=O) groups excluding carboxylic acids is 1. The Labute approximate surface area is 217 Å². The molecule has 1 spiro atoms. The Morgan fingerprint density at radius 1 is 1.25 bits per heavy atom. The highest BCUT2D eigenvalue weighted by Gasteiger charge is 2.62. The summed E-state index contributed by atoms with van der Waals surface area (Å²) < 4.78 is 5.79. The predicted molar refractivity (Wildman–Crippen MR) is 143 cm³/mol. The zero-order valence-electron chi connectivity index (χ0n) is 22.0. The average Bonchev–Trinajstić information content (AvgIpc) is 3.21. The van der Waals surface area contributed by atoms with Crippen molar-refractivity contribution in [2.45, 2.75) is 70.3 Å². The van der Waals surface area contributed by atoms with E-state index in [1.54, 1.807) is 0 Å². The molecule has 1 aromatic rings. The summed E-state index contributed by atoms with van der Waals surface area (Å²) in [5, 5.41) is 0. The summed E-state index contributed by atoms with van der Waals surface area (Å²) in [5.74, 6) is 3.16. The number of unbranched alkanes of at least 4 members (excludes halogenated alkanes) is 2. The maximum Gasteiger partial charge on any atom is 0.236 e. The first-order valence-corrected chi connectivity index (χ1v) is 14.3. The molecule has 0 bridgehead atoms. The van der Waals surface area contributed by atoms with Crippen molar-refractivity contribution in [2.75, 3.05) is 39.3 Å². The Bertz CT molecular complexity index is 961. The van der Waals surface area contributed by atoms with E-state index in [4.69, 9.17) is 10.5 Å². The van der Waals surface area contributed by atoms with Crippen molar-refractivity contribution in [2.24, 2.45) is 23.5 Å². The number of pyridine rings is 1. The van der Waals surface area contributed by atoms with Crippen molar-refractivity contribution in [1.82, 2.24) is 14.8 Å². The maximum absolute atomic E-state index is 13.6. The fourth-order valence-electron chi connectivity index (χ4n) is 6.82. The van der Waals surface area contributed by atoms with Crippen LogP contribution in [0.25, 0.3) is 0 Å². The van der Waals surface area contributed by atoms with Crippen LogP contribution in [-0.4, -0.2) is 65.6 Å². The van der Waals surface area contributed by atoms with Crippen molar-refractivity contribution in [3.05, 3.63) is 53.6 Å². The average molecular weight is 493 g/mol.